The van der Waals surface area contributed by atoms with Crippen LogP contribution in [-0.2, 0) is 29.5 Å². The Bertz CT molecular complexity index is 1250. The molecule has 4 rings (SSSR count). The van der Waals surface area contributed by atoms with Crippen LogP contribution >= 0.6 is 11.3 Å². The first-order valence-corrected chi connectivity index (χ1v) is 12.2. The SMILES string of the molecule is NC(=O)Nc1ccc(CNC(=O)c2sccc2S(=O)(=O)N2CCc3ccccc3C2)cc1. The van der Waals surface area contributed by atoms with Crippen LogP contribution in [0, 0.1) is 0 Å². The summed E-state index contributed by atoms with van der Waals surface area (Å²) in [5, 5.41) is 6.85. The predicted molar refractivity (Wildman–Crippen MR) is 123 cm³/mol. The zero-order valence-corrected chi connectivity index (χ0v) is 18.7. The Morgan fingerprint density at radius 2 is 1.75 bits per heavy atom. The third-order valence-electron chi connectivity index (χ3n) is 5.22. The fourth-order valence-electron chi connectivity index (χ4n) is 3.59. The fraction of sp³-hybridized carbons (Fsp3) is 0.182. The Morgan fingerprint density at radius 3 is 2.47 bits per heavy atom. The van der Waals surface area contributed by atoms with Crippen molar-refractivity contribution in [2.45, 2.75) is 24.4 Å². The number of carbonyl (C=O) groups excluding carboxylic acids is 2. The average Bonchev–Trinajstić information content (AvgIpc) is 3.29. The molecule has 10 heteroatoms. The smallest absolute Gasteiger partial charge is 0.316 e. The summed E-state index contributed by atoms with van der Waals surface area (Å²) in [5.74, 6) is -0.449. The molecule has 2 aromatic carbocycles. The van der Waals surface area contributed by atoms with Crippen LogP contribution in [0.3, 0.4) is 0 Å². The Labute approximate surface area is 190 Å². The number of urea groups is 1. The summed E-state index contributed by atoms with van der Waals surface area (Å²) in [7, 11) is -3.81. The summed E-state index contributed by atoms with van der Waals surface area (Å²) in [5.41, 5.74) is 8.56. The molecule has 3 amide bonds. The van der Waals surface area contributed by atoms with Crippen molar-refractivity contribution in [1.82, 2.24) is 9.62 Å². The summed E-state index contributed by atoms with van der Waals surface area (Å²) in [4.78, 5) is 23.9. The van der Waals surface area contributed by atoms with E-state index < -0.39 is 22.0 Å². The lowest BCUT2D eigenvalue weighted by Gasteiger charge is -2.28. The van der Waals surface area contributed by atoms with E-state index in [0.29, 0.717) is 25.2 Å². The standard InChI is InChI=1S/C22H22N4O4S2/c23-22(28)25-18-7-5-15(6-8-18)13-24-21(27)20-19(10-12-31-20)32(29,30)26-11-9-16-3-1-2-4-17(16)14-26/h1-8,10,12H,9,11,13-14H2,(H,24,27)(H3,23,25,28). The van der Waals surface area contributed by atoms with E-state index in [1.54, 1.807) is 29.6 Å². The van der Waals surface area contributed by atoms with Crippen LogP contribution in [-0.4, -0.2) is 31.2 Å². The van der Waals surface area contributed by atoms with Gasteiger partial charge in [0, 0.05) is 25.3 Å². The molecular weight excluding hydrogens is 448 g/mol. The van der Waals surface area contributed by atoms with Gasteiger partial charge >= 0.3 is 6.03 Å². The number of nitrogens with one attached hydrogen (secondary N) is 2. The van der Waals surface area contributed by atoms with Crippen LogP contribution in [0.15, 0.2) is 64.9 Å². The van der Waals surface area contributed by atoms with E-state index in [1.165, 1.54) is 10.4 Å². The molecule has 0 radical (unpaired) electrons. The maximum absolute atomic E-state index is 13.3. The van der Waals surface area contributed by atoms with Gasteiger partial charge in [-0.1, -0.05) is 36.4 Å². The lowest BCUT2D eigenvalue weighted by atomic mass is 10.0. The fourth-order valence-corrected chi connectivity index (χ4v) is 6.33. The van der Waals surface area contributed by atoms with Crippen molar-refractivity contribution in [3.63, 3.8) is 0 Å². The van der Waals surface area contributed by atoms with Gasteiger partial charge in [0.25, 0.3) is 5.91 Å². The van der Waals surface area contributed by atoms with Crippen molar-refractivity contribution >= 4 is 39.0 Å². The van der Waals surface area contributed by atoms with E-state index in [4.69, 9.17) is 5.73 Å². The van der Waals surface area contributed by atoms with Crippen LogP contribution in [0.2, 0.25) is 0 Å². The molecule has 166 valence electrons. The summed E-state index contributed by atoms with van der Waals surface area (Å²) >= 11 is 1.10. The van der Waals surface area contributed by atoms with Crippen LogP contribution in [0.1, 0.15) is 26.4 Å². The Balaban J connectivity index is 1.46. The van der Waals surface area contributed by atoms with Gasteiger partial charge in [0.15, 0.2) is 0 Å². The molecule has 3 aromatic rings. The molecular formula is C22H22N4O4S2. The van der Waals surface area contributed by atoms with Gasteiger partial charge in [-0.05, 0) is 46.7 Å². The molecule has 0 saturated heterocycles. The van der Waals surface area contributed by atoms with Gasteiger partial charge < -0.3 is 16.4 Å². The molecule has 0 unspecified atom stereocenters. The van der Waals surface area contributed by atoms with Crippen molar-refractivity contribution in [1.29, 1.82) is 0 Å². The summed E-state index contributed by atoms with van der Waals surface area (Å²) in [6.45, 7) is 0.882. The number of carbonyl (C=O) groups is 2. The number of thiophene rings is 1. The maximum Gasteiger partial charge on any atom is 0.316 e. The normalized spacial score (nSPS) is 13.9. The zero-order chi connectivity index (χ0) is 22.7. The third-order valence-corrected chi connectivity index (χ3v) is 8.15. The highest BCUT2D eigenvalue weighted by Crippen LogP contribution is 2.29. The van der Waals surface area contributed by atoms with E-state index in [1.807, 2.05) is 24.3 Å². The monoisotopic (exact) mass is 470 g/mol. The highest BCUT2D eigenvalue weighted by atomic mass is 32.2. The topological polar surface area (TPSA) is 122 Å². The average molecular weight is 471 g/mol. The Kier molecular flexibility index (Phi) is 6.26. The second kappa shape index (κ2) is 9.11. The van der Waals surface area contributed by atoms with E-state index in [9.17, 15) is 18.0 Å². The highest BCUT2D eigenvalue weighted by Gasteiger charge is 2.32. The summed E-state index contributed by atoms with van der Waals surface area (Å²) in [6, 6.07) is 15.4. The molecule has 0 aliphatic carbocycles. The van der Waals surface area contributed by atoms with Crippen molar-refractivity contribution in [3.8, 4) is 0 Å². The molecule has 0 fully saturated rings. The molecule has 4 N–H and O–H groups in total. The molecule has 1 aromatic heterocycles. The number of anilines is 1. The first-order chi connectivity index (χ1) is 15.3. The van der Waals surface area contributed by atoms with E-state index in [2.05, 4.69) is 10.6 Å². The van der Waals surface area contributed by atoms with E-state index in [0.717, 1.165) is 28.0 Å². The zero-order valence-electron chi connectivity index (χ0n) is 17.1. The van der Waals surface area contributed by atoms with Crippen molar-refractivity contribution in [2.75, 3.05) is 11.9 Å². The molecule has 0 spiro atoms. The minimum Gasteiger partial charge on any atom is -0.351 e. The van der Waals surface area contributed by atoms with Crippen LogP contribution in [0.25, 0.3) is 0 Å². The first-order valence-electron chi connectivity index (χ1n) is 9.92. The van der Waals surface area contributed by atoms with Gasteiger partial charge in [0.2, 0.25) is 10.0 Å². The largest absolute Gasteiger partial charge is 0.351 e. The number of benzene rings is 2. The highest BCUT2D eigenvalue weighted by molar-refractivity contribution is 7.89. The summed E-state index contributed by atoms with van der Waals surface area (Å²) in [6.07, 6.45) is 0.641. The number of rotatable bonds is 6. The molecule has 2 heterocycles. The molecule has 1 aliphatic rings. The number of fused-ring (bicyclic) bond motifs is 1. The molecule has 0 saturated carbocycles. The minimum atomic E-state index is -3.81. The van der Waals surface area contributed by atoms with Gasteiger partial charge in [-0.25, -0.2) is 13.2 Å². The van der Waals surface area contributed by atoms with Gasteiger partial charge in [-0.3, -0.25) is 4.79 Å². The third kappa shape index (κ3) is 4.67. The van der Waals surface area contributed by atoms with Gasteiger partial charge in [0.05, 0.1) is 0 Å². The minimum absolute atomic E-state index is 0.0281. The van der Waals surface area contributed by atoms with Crippen molar-refractivity contribution in [3.05, 3.63) is 81.5 Å². The number of amides is 3. The molecule has 0 bridgehead atoms. The lowest BCUT2D eigenvalue weighted by molar-refractivity contribution is 0.0952. The van der Waals surface area contributed by atoms with Crippen LogP contribution < -0.4 is 16.4 Å². The lowest BCUT2D eigenvalue weighted by Crippen LogP contribution is -2.36. The van der Waals surface area contributed by atoms with Crippen molar-refractivity contribution < 1.29 is 18.0 Å². The predicted octanol–water partition coefficient (Wildman–Crippen LogP) is 2.92. The number of nitrogens with zero attached hydrogens (tertiary/aromatic N) is 1. The van der Waals surface area contributed by atoms with Gasteiger partial charge in [0.1, 0.15) is 9.77 Å². The van der Waals surface area contributed by atoms with Gasteiger partial charge in [-0.2, -0.15) is 4.31 Å². The Hall–Kier alpha value is -3.21. The molecule has 0 atom stereocenters. The quantitative estimate of drug-likeness (QED) is 0.513. The number of primary amides is 1. The van der Waals surface area contributed by atoms with E-state index in [-0.39, 0.29) is 16.3 Å². The first kappa shape index (κ1) is 22.0. The number of hydrogen-bond donors (Lipinski definition) is 3. The van der Waals surface area contributed by atoms with Gasteiger partial charge in [-0.15, -0.1) is 11.3 Å². The Morgan fingerprint density at radius 1 is 1.03 bits per heavy atom. The van der Waals surface area contributed by atoms with Crippen LogP contribution in [0.4, 0.5) is 10.5 Å². The second-order valence-corrected chi connectivity index (χ2v) is 10.2. The maximum atomic E-state index is 13.3. The van der Waals surface area contributed by atoms with Crippen LogP contribution in [0.5, 0.6) is 0 Å². The number of nitrogens with two attached hydrogens (primary N) is 1. The molecule has 32 heavy (non-hydrogen) atoms. The summed E-state index contributed by atoms with van der Waals surface area (Å²) < 4.78 is 28.0. The number of hydrogen-bond acceptors (Lipinski definition) is 5. The second-order valence-electron chi connectivity index (χ2n) is 7.34. The van der Waals surface area contributed by atoms with Crippen molar-refractivity contribution in [2.24, 2.45) is 5.73 Å². The molecule has 1 aliphatic heterocycles. The number of sulfonamides is 1. The molecule has 8 nitrogen and oxygen atoms in total. The van der Waals surface area contributed by atoms with E-state index >= 15 is 0 Å².